The van der Waals surface area contributed by atoms with E-state index in [2.05, 4.69) is 32.4 Å². The average molecular weight is 677 g/mol. The number of aromatic amines is 1. The van der Waals surface area contributed by atoms with E-state index in [1.165, 1.54) is 0 Å². The molecule has 13 heteroatoms. The van der Waals surface area contributed by atoms with Crippen LogP contribution >= 0.6 is 11.6 Å². The Morgan fingerprint density at radius 3 is 2.42 bits per heavy atom. The number of piperazine rings is 1. The number of benzene rings is 2. The lowest BCUT2D eigenvalue weighted by molar-refractivity contribution is -0.142. The average Bonchev–Trinajstić information content (AvgIpc) is 3.52. The van der Waals surface area contributed by atoms with E-state index in [-0.39, 0.29) is 24.4 Å². The predicted molar refractivity (Wildman–Crippen MR) is 184 cm³/mol. The summed E-state index contributed by atoms with van der Waals surface area (Å²) < 4.78 is 6.08. The van der Waals surface area contributed by atoms with Gasteiger partial charge in [-0.05, 0) is 68.5 Å². The van der Waals surface area contributed by atoms with E-state index >= 15 is 0 Å². The van der Waals surface area contributed by atoms with E-state index < -0.39 is 12.2 Å². The van der Waals surface area contributed by atoms with Gasteiger partial charge in [-0.15, -0.1) is 0 Å². The minimum Gasteiger partial charge on any atom is -0.436 e. The highest BCUT2D eigenvalue weighted by Gasteiger charge is 2.36. The highest BCUT2D eigenvalue weighted by molar-refractivity contribution is 6.35. The van der Waals surface area contributed by atoms with Crippen molar-refractivity contribution in [2.24, 2.45) is 0 Å². The number of amides is 4. The van der Waals surface area contributed by atoms with Crippen LogP contribution in [-0.2, 0) is 22.4 Å². The minimum atomic E-state index is -0.981. The van der Waals surface area contributed by atoms with Gasteiger partial charge < -0.3 is 29.7 Å². The molecule has 2 N–H and O–H groups in total. The van der Waals surface area contributed by atoms with Gasteiger partial charge in [-0.25, -0.2) is 9.59 Å². The van der Waals surface area contributed by atoms with Gasteiger partial charge in [0.2, 0.25) is 0 Å². The molecule has 5 heterocycles. The topological polar surface area (TPSA) is 117 Å². The number of hydrogen-bond donors (Lipinski definition) is 2. The molecule has 4 aliphatic heterocycles. The standard InChI is InChI=1S/C35H45ClN8O4/c1-40-16-18-41(19-17-40)27-7-11-42(12-8-27)33(45)31(22-24-20-26-23-37-39-32(26)29(36)21-24)48-35(47)43-13-9-28(10-14-43)44-15-6-25-4-2-3-5-30(25)38-34(44)46/h2-5,20-21,23,27-28,31H,6-19,22H2,1H3,(H,37,39)(H,38,46)/t31-/m1/s1. The number of nitrogens with zero attached hydrogens (tertiary/aromatic N) is 6. The van der Waals surface area contributed by atoms with Crippen LogP contribution in [0.2, 0.25) is 5.02 Å². The van der Waals surface area contributed by atoms with Crippen molar-refractivity contribution in [1.82, 2.24) is 34.7 Å². The second kappa shape index (κ2) is 14.3. The van der Waals surface area contributed by atoms with Gasteiger partial charge >= 0.3 is 12.1 Å². The smallest absolute Gasteiger partial charge is 0.410 e. The summed E-state index contributed by atoms with van der Waals surface area (Å²) >= 11 is 6.54. The number of ether oxygens (including phenoxy) is 1. The molecule has 256 valence electrons. The first kappa shape index (κ1) is 32.7. The van der Waals surface area contributed by atoms with Gasteiger partial charge in [0.05, 0.1) is 16.7 Å². The van der Waals surface area contributed by atoms with Crippen molar-refractivity contribution >= 4 is 46.2 Å². The van der Waals surface area contributed by atoms with Crippen LogP contribution in [-0.4, -0.2) is 137 Å². The van der Waals surface area contributed by atoms with Gasteiger partial charge in [-0.2, -0.15) is 5.10 Å². The Balaban J connectivity index is 0.996. The Labute approximate surface area is 286 Å². The number of H-pyrrole nitrogens is 1. The number of urea groups is 1. The number of carbonyl (C=O) groups is 3. The van der Waals surface area contributed by atoms with Crippen molar-refractivity contribution in [2.45, 2.75) is 56.7 Å². The number of piperidine rings is 2. The van der Waals surface area contributed by atoms with Crippen LogP contribution in [0.3, 0.4) is 0 Å². The SMILES string of the molecule is CN1CCN(C2CCN(C(=O)[C@@H](Cc3cc(Cl)c4[nH]ncc4c3)OC(=O)N3CCC(N4CCc5ccccc5NC4=O)CC3)CC2)CC1. The molecule has 1 aromatic heterocycles. The zero-order chi connectivity index (χ0) is 33.2. The number of likely N-dealkylation sites (N-methyl/N-ethyl adjacent to an activating group) is 1. The number of nitrogens with one attached hydrogen (secondary N) is 2. The number of anilines is 1. The summed E-state index contributed by atoms with van der Waals surface area (Å²) in [6, 6.07) is 12.0. The van der Waals surface area contributed by atoms with Crippen LogP contribution < -0.4 is 5.32 Å². The molecule has 2 aromatic carbocycles. The fraction of sp³-hybridized carbons (Fsp3) is 0.543. The number of carbonyl (C=O) groups excluding carboxylic acids is 3. The fourth-order valence-corrected chi connectivity index (χ4v) is 8.01. The maximum atomic E-state index is 14.1. The van der Waals surface area contributed by atoms with Crippen molar-refractivity contribution in [3.63, 3.8) is 0 Å². The van der Waals surface area contributed by atoms with E-state index in [1.54, 1.807) is 11.1 Å². The van der Waals surface area contributed by atoms with Crippen molar-refractivity contribution in [2.75, 3.05) is 71.3 Å². The zero-order valence-corrected chi connectivity index (χ0v) is 28.3. The molecule has 4 amide bonds. The van der Waals surface area contributed by atoms with E-state index in [9.17, 15) is 14.4 Å². The van der Waals surface area contributed by atoms with E-state index in [0.717, 1.165) is 73.2 Å². The molecule has 0 saturated carbocycles. The molecule has 4 aliphatic rings. The molecule has 1 atom stereocenters. The normalized spacial score (nSPS) is 21.1. The molecule has 48 heavy (non-hydrogen) atoms. The Morgan fingerprint density at radius 2 is 1.65 bits per heavy atom. The van der Waals surface area contributed by atoms with Crippen LogP contribution in [0.25, 0.3) is 10.9 Å². The second-order valence-electron chi connectivity index (χ2n) is 13.6. The lowest BCUT2D eigenvalue weighted by atomic mass is 10.00. The first-order valence-corrected chi connectivity index (χ1v) is 17.6. The summed E-state index contributed by atoms with van der Waals surface area (Å²) in [4.78, 5) is 51.2. The molecule has 0 radical (unpaired) electrons. The largest absolute Gasteiger partial charge is 0.436 e. The van der Waals surface area contributed by atoms with Crippen molar-refractivity contribution < 1.29 is 19.1 Å². The van der Waals surface area contributed by atoms with Crippen molar-refractivity contribution in [3.8, 4) is 0 Å². The number of para-hydroxylation sites is 1. The third-order valence-corrected chi connectivity index (χ3v) is 10.9. The quantitative estimate of drug-likeness (QED) is 0.405. The molecule has 0 aliphatic carbocycles. The summed E-state index contributed by atoms with van der Waals surface area (Å²) in [5.74, 6) is -0.167. The number of aromatic nitrogens is 2. The van der Waals surface area contributed by atoms with Gasteiger partial charge in [0.25, 0.3) is 5.91 Å². The monoisotopic (exact) mass is 676 g/mol. The summed E-state index contributed by atoms with van der Waals surface area (Å²) in [6.45, 7) is 7.04. The molecule has 0 spiro atoms. The number of halogens is 1. The number of fused-ring (bicyclic) bond motifs is 2. The molecular formula is C35H45ClN8O4. The van der Waals surface area contributed by atoms with Crippen LogP contribution in [0.5, 0.6) is 0 Å². The van der Waals surface area contributed by atoms with Crippen LogP contribution in [0.15, 0.2) is 42.6 Å². The maximum absolute atomic E-state index is 14.1. The first-order valence-electron chi connectivity index (χ1n) is 17.3. The number of hydrogen-bond acceptors (Lipinski definition) is 7. The molecule has 3 saturated heterocycles. The Kier molecular flexibility index (Phi) is 9.74. The Bertz CT molecular complexity index is 1630. The molecular weight excluding hydrogens is 632 g/mol. The predicted octanol–water partition coefficient (Wildman–Crippen LogP) is 4.06. The highest BCUT2D eigenvalue weighted by atomic mass is 35.5. The molecule has 3 fully saturated rings. The van der Waals surface area contributed by atoms with Crippen LogP contribution in [0.4, 0.5) is 15.3 Å². The molecule has 0 bridgehead atoms. The van der Waals surface area contributed by atoms with E-state index in [4.69, 9.17) is 16.3 Å². The molecule has 3 aromatic rings. The highest BCUT2D eigenvalue weighted by Crippen LogP contribution is 2.28. The lowest BCUT2D eigenvalue weighted by Gasteiger charge is -2.42. The van der Waals surface area contributed by atoms with Gasteiger partial charge in [0.1, 0.15) is 0 Å². The van der Waals surface area contributed by atoms with Crippen molar-refractivity contribution in [1.29, 1.82) is 0 Å². The third-order valence-electron chi connectivity index (χ3n) is 10.6. The molecule has 7 rings (SSSR count). The summed E-state index contributed by atoms with van der Waals surface area (Å²) in [5.41, 5.74) is 3.52. The van der Waals surface area contributed by atoms with Crippen LogP contribution in [0, 0.1) is 0 Å². The lowest BCUT2D eigenvalue weighted by Crippen LogP contribution is -2.54. The van der Waals surface area contributed by atoms with Gasteiger partial charge in [-0.3, -0.25) is 14.8 Å². The summed E-state index contributed by atoms with van der Waals surface area (Å²) in [7, 11) is 2.16. The second-order valence-corrected chi connectivity index (χ2v) is 14.0. The van der Waals surface area contributed by atoms with Gasteiger partial charge in [0, 0.05) is 88.5 Å². The zero-order valence-electron chi connectivity index (χ0n) is 27.6. The van der Waals surface area contributed by atoms with E-state index in [0.29, 0.717) is 56.6 Å². The third kappa shape index (κ3) is 7.11. The summed E-state index contributed by atoms with van der Waals surface area (Å²) in [6.07, 6.45) is 4.32. The molecule has 0 unspecified atom stereocenters. The molecule has 12 nitrogen and oxygen atoms in total. The Hall–Kier alpha value is -3.87. The number of rotatable bonds is 6. The van der Waals surface area contributed by atoms with Crippen LogP contribution in [0.1, 0.15) is 36.8 Å². The first-order chi connectivity index (χ1) is 23.3. The Morgan fingerprint density at radius 1 is 0.938 bits per heavy atom. The minimum absolute atomic E-state index is 0.0196. The summed E-state index contributed by atoms with van der Waals surface area (Å²) in [5, 5.41) is 11.4. The van der Waals surface area contributed by atoms with E-state index in [1.807, 2.05) is 46.2 Å². The van der Waals surface area contributed by atoms with Gasteiger partial charge in [-0.1, -0.05) is 29.8 Å². The van der Waals surface area contributed by atoms with Crippen molar-refractivity contribution in [3.05, 3.63) is 58.7 Å². The fourth-order valence-electron chi connectivity index (χ4n) is 7.72. The number of likely N-dealkylation sites (tertiary alicyclic amines) is 2. The maximum Gasteiger partial charge on any atom is 0.410 e. The van der Waals surface area contributed by atoms with Gasteiger partial charge in [0.15, 0.2) is 6.10 Å².